The summed E-state index contributed by atoms with van der Waals surface area (Å²) in [5, 5.41) is 0. The Morgan fingerprint density at radius 3 is 1.90 bits per heavy atom. The Hall–Kier alpha value is -2.69. The first-order valence-corrected chi connectivity index (χ1v) is 10.2. The van der Waals surface area contributed by atoms with Gasteiger partial charge in [-0.2, -0.15) is 0 Å². The summed E-state index contributed by atoms with van der Waals surface area (Å²) >= 11 is 0. The molecule has 0 amide bonds. The van der Waals surface area contributed by atoms with E-state index in [-0.39, 0.29) is 5.82 Å². The van der Waals surface area contributed by atoms with Gasteiger partial charge in [0, 0.05) is 32.7 Å². The van der Waals surface area contributed by atoms with E-state index in [0.717, 1.165) is 37.4 Å². The van der Waals surface area contributed by atoms with Crippen LogP contribution >= 0.6 is 0 Å². The largest absolute Gasteiger partial charge is 0.378 e. The van der Waals surface area contributed by atoms with Gasteiger partial charge < -0.3 is 9.64 Å². The number of benzene rings is 3. The van der Waals surface area contributed by atoms with E-state index in [1.54, 1.807) is 6.07 Å². The van der Waals surface area contributed by atoms with E-state index in [0.29, 0.717) is 19.8 Å². The zero-order chi connectivity index (χ0) is 19.9. The van der Waals surface area contributed by atoms with Crippen LogP contribution in [0.4, 0.5) is 10.1 Å². The van der Waals surface area contributed by atoms with Crippen LogP contribution in [-0.2, 0) is 24.4 Å². The number of hydrogen-bond donors (Lipinski definition) is 0. The van der Waals surface area contributed by atoms with Crippen LogP contribution in [0.1, 0.15) is 16.7 Å². The molecule has 150 valence electrons. The van der Waals surface area contributed by atoms with Crippen molar-refractivity contribution in [2.45, 2.75) is 19.6 Å². The van der Waals surface area contributed by atoms with Gasteiger partial charge in [-0.25, -0.2) is 4.39 Å². The first-order valence-electron chi connectivity index (χ1n) is 10.2. The van der Waals surface area contributed by atoms with Crippen LogP contribution in [0.2, 0.25) is 0 Å². The van der Waals surface area contributed by atoms with Gasteiger partial charge in [-0.05, 0) is 22.8 Å². The number of ether oxygens (including phenoxy) is 1. The van der Waals surface area contributed by atoms with Crippen molar-refractivity contribution in [3.63, 3.8) is 0 Å². The Morgan fingerprint density at radius 1 is 0.724 bits per heavy atom. The van der Waals surface area contributed by atoms with Crippen LogP contribution in [0.3, 0.4) is 0 Å². The molecule has 1 saturated heterocycles. The Labute approximate surface area is 172 Å². The minimum Gasteiger partial charge on any atom is -0.378 e. The summed E-state index contributed by atoms with van der Waals surface area (Å²) in [5.74, 6) is -0.149. The fourth-order valence-corrected chi connectivity index (χ4v) is 3.92. The molecule has 0 bridgehead atoms. The molecule has 4 heteroatoms. The molecule has 3 nitrogen and oxygen atoms in total. The number of morpholine rings is 1. The van der Waals surface area contributed by atoms with Gasteiger partial charge in [-0.3, -0.25) is 4.90 Å². The van der Waals surface area contributed by atoms with Crippen LogP contribution in [0.5, 0.6) is 0 Å². The first-order chi connectivity index (χ1) is 14.3. The molecule has 0 aromatic heterocycles. The Morgan fingerprint density at radius 2 is 1.31 bits per heavy atom. The lowest BCUT2D eigenvalue weighted by Crippen LogP contribution is -2.38. The number of halogens is 1. The van der Waals surface area contributed by atoms with E-state index < -0.39 is 0 Å². The van der Waals surface area contributed by atoms with Crippen molar-refractivity contribution in [1.29, 1.82) is 0 Å². The summed E-state index contributed by atoms with van der Waals surface area (Å²) < 4.78 is 20.3. The maximum Gasteiger partial charge on any atom is 0.146 e. The van der Waals surface area contributed by atoms with Crippen LogP contribution in [0.15, 0.2) is 78.9 Å². The van der Waals surface area contributed by atoms with E-state index >= 15 is 0 Å². The number of rotatable bonds is 7. The highest BCUT2D eigenvalue weighted by Crippen LogP contribution is 2.27. The van der Waals surface area contributed by atoms with E-state index in [1.165, 1.54) is 11.1 Å². The van der Waals surface area contributed by atoms with Crippen LogP contribution in [0, 0.1) is 5.82 Å². The standard InChI is InChI=1S/C25H27FN2O/c26-24-13-7-12-23(25(24)28-14-16-29-17-15-28)20-27(18-21-8-3-1-4-9-21)19-22-10-5-2-6-11-22/h1-13H,14-20H2. The SMILES string of the molecule is Fc1cccc(CN(Cc2ccccc2)Cc2ccccc2)c1N1CCOCC1. The number of anilines is 1. The van der Waals surface area contributed by atoms with Gasteiger partial charge >= 0.3 is 0 Å². The van der Waals surface area contributed by atoms with Crippen molar-refractivity contribution in [2.24, 2.45) is 0 Å². The summed E-state index contributed by atoms with van der Waals surface area (Å²) in [6.45, 7) is 5.06. The third-order valence-electron chi connectivity index (χ3n) is 5.29. The molecule has 29 heavy (non-hydrogen) atoms. The zero-order valence-electron chi connectivity index (χ0n) is 16.6. The molecule has 0 radical (unpaired) electrons. The Kier molecular flexibility index (Phi) is 6.55. The maximum atomic E-state index is 14.8. The highest BCUT2D eigenvalue weighted by atomic mass is 19.1. The zero-order valence-corrected chi connectivity index (χ0v) is 16.6. The van der Waals surface area contributed by atoms with Gasteiger partial charge in [0.05, 0.1) is 18.9 Å². The Bertz CT molecular complexity index is 854. The van der Waals surface area contributed by atoms with Gasteiger partial charge in [0.2, 0.25) is 0 Å². The molecule has 0 atom stereocenters. The van der Waals surface area contributed by atoms with Crippen LogP contribution in [0.25, 0.3) is 0 Å². The van der Waals surface area contributed by atoms with E-state index in [1.807, 2.05) is 18.2 Å². The third kappa shape index (κ3) is 5.22. The molecule has 0 aliphatic carbocycles. The van der Waals surface area contributed by atoms with Crippen molar-refractivity contribution in [3.05, 3.63) is 101 Å². The lowest BCUT2D eigenvalue weighted by atomic mass is 10.1. The lowest BCUT2D eigenvalue weighted by molar-refractivity contribution is 0.122. The van der Waals surface area contributed by atoms with Crippen molar-refractivity contribution in [3.8, 4) is 0 Å². The minimum atomic E-state index is -0.149. The summed E-state index contributed by atoms with van der Waals surface area (Å²) in [7, 11) is 0. The average Bonchev–Trinajstić information content (AvgIpc) is 2.76. The summed E-state index contributed by atoms with van der Waals surface area (Å²) in [4.78, 5) is 4.50. The monoisotopic (exact) mass is 390 g/mol. The minimum absolute atomic E-state index is 0.149. The van der Waals surface area contributed by atoms with Crippen molar-refractivity contribution in [2.75, 3.05) is 31.2 Å². The van der Waals surface area contributed by atoms with Crippen molar-refractivity contribution < 1.29 is 9.13 Å². The molecule has 0 spiro atoms. The molecule has 1 aliphatic heterocycles. The molecule has 1 heterocycles. The quantitative estimate of drug-likeness (QED) is 0.573. The molecular weight excluding hydrogens is 363 g/mol. The first kappa shape index (κ1) is 19.6. The lowest BCUT2D eigenvalue weighted by Gasteiger charge is -2.32. The molecule has 0 unspecified atom stereocenters. The van der Waals surface area contributed by atoms with E-state index in [9.17, 15) is 4.39 Å². The predicted octanol–water partition coefficient (Wildman–Crippen LogP) is 4.86. The fraction of sp³-hybridized carbons (Fsp3) is 0.280. The van der Waals surface area contributed by atoms with Gasteiger partial charge in [0.25, 0.3) is 0 Å². The van der Waals surface area contributed by atoms with Crippen LogP contribution in [-0.4, -0.2) is 31.2 Å². The smallest absolute Gasteiger partial charge is 0.146 e. The van der Waals surface area contributed by atoms with Crippen LogP contribution < -0.4 is 4.90 Å². The molecule has 0 saturated carbocycles. The van der Waals surface area contributed by atoms with Gasteiger partial charge in [0.15, 0.2) is 0 Å². The number of nitrogens with zero attached hydrogens (tertiary/aromatic N) is 2. The molecule has 3 aromatic rings. The highest BCUT2D eigenvalue weighted by Gasteiger charge is 2.20. The average molecular weight is 391 g/mol. The molecule has 4 rings (SSSR count). The van der Waals surface area contributed by atoms with Gasteiger partial charge in [0.1, 0.15) is 5.82 Å². The number of para-hydroxylation sites is 1. The summed E-state index contributed by atoms with van der Waals surface area (Å²) in [5.41, 5.74) is 4.26. The van der Waals surface area contributed by atoms with E-state index in [4.69, 9.17) is 4.74 Å². The van der Waals surface area contributed by atoms with E-state index in [2.05, 4.69) is 64.4 Å². The maximum absolute atomic E-state index is 14.8. The second-order valence-electron chi connectivity index (χ2n) is 7.46. The van der Waals surface area contributed by atoms with Gasteiger partial charge in [-0.15, -0.1) is 0 Å². The summed E-state index contributed by atoms with van der Waals surface area (Å²) in [6, 6.07) is 26.4. The fourth-order valence-electron chi connectivity index (χ4n) is 3.92. The Balaban J connectivity index is 1.60. The molecule has 1 aliphatic rings. The molecule has 0 N–H and O–H groups in total. The molecule has 1 fully saturated rings. The summed E-state index contributed by atoms with van der Waals surface area (Å²) in [6.07, 6.45) is 0. The molecular formula is C25H27FN2O. The van der Waals surface area contributed by atoms with Gasteiger partial charge in [-0.1, -0.05) is 72.8 Å². The molecule has 3 aromatic carbocycles. The van der Waals surface area contributed by atoms with Crippen molar-refractivity contribution >= 4 is 5.69 Å². The topological polar surface area (TPSA) is 15.7 Å². The second-order valence-corrected chi connectivity index (χ2v) is 7.46. The van der Waals surface area contributed by atoms with Crippen molar-refractivity contribution in [1.82, 2.24) is 4.90 Å². The number of hydrogen-bond acceptors (Lipinski definition) is 3. The second kappa shape index (κ2) is 9.68. The predicted molar refractivity (Wildman–Crippen MR) is 115 cm³/mol. The normalized spacial score (nSPS) is 14.3. The third-order valence-corrected chi connectivity index (χ3v) is 5.29. The highest BCUT2D eigenvalue weighted by molar-refractivity contribution is 5.55.